The van der Waals surface area contributed by atoms with E-state index in [9.17, 15) is 4.79 Å². The van der Waals surface area contributed by atoms with Gasteiger partial charge in [0, 0.05) is 24.1 Å². The van der Waals surface area contributed by atoms with Crippen molar-refractivity contribution in [3.8, 4) is 5.75 Å². The molecule has 0 saturated heterocycles. The zero-order valence-corrected chi connectivity index (χ0v) is 16.2. The molecule has 2 aromatic carbocycles. The molecular weight excluding hydrogens is 350 g/mol. The first-order valence-corrected chi connectivity index (χ1v) is 9.38. The summed E-state index contributed by atoms with van der Waals surface area (Å²) in [5.41, 5.74) is 3.06. The third-order valence-corrected chi connectivity index (χ3v) is 4.07. The number of rotatable bonds is 8. The second-order valence-corrected chi connectivity index (χ2v) is 6.96. The Hall–Kier alpha value is -3.34. The van der Waals surface area contributed by atoms with Gasteiger partial charge < -0.3 is 15.4 Å². The van der Waals surface area contributed by atoms with Gasteiger partial charge in [-0.1, -0.05) is 44.2 Å². The minimum Gasteiger partial charge on any atom is -0.489 e. The summed E-state index contributed by atoms with van der Waals surface area (Å²) in [4.78, 5) is 16.6. The van der Waals surface area contributed by atoms with E-state index in [2.05, 4.69) is 29.5 Å². The van der Waals surface area contributed by atoms with Gasteiger partial charge in [-0.3, -0.25) is 9.78 Å². The van der Waals surface area contributed by atoms with E-state index >= 15 is 0 Å². The quantitative estimate of drug-likeness (QED) is 0.583. The summed E-state index contributed by atoms with van der Waals surface area (Å²) in [6.45, 7) is 5.62. The number of hydrogen-bond donors (Lipinski definition) is 2. The second kappa shape index (κ2) is 9.55. The van der Waals surface area contributed by atoms with Crippen molar-refractivity contribution >= 4 is 17.3 Å². The highest BCUT2D eigenvalue weighted by atomic mass is 16.5. The topological polar surface area (TPSA) is 63.2 Å². The predicted octanol–water partition coefficient (Wildman–Crippen LogP) is 4.98. The number of carbonyl (C=O) groups is 1. The molecule has 1 amide bonds. The predicted molar refractivity (Wildman–Crippen MR) is 113 cm³/mol. The van der Waals surface area contributed by atoms with Crippen molar-refractivity contribution < 1.29 is 9.53 Å². The minimum absolute atomic E-state index is 0.244. The Balaban J connectivity index is 1.56. The van der Waals surface area contributed by atoms with E-state index in [1.165, 1.54) is 0 Å². The number of hydrogen-bond acceptors (Lipinski definition) is 4. The molecule has 5 nitrogen and oxygen atoms in total. The third kappa shape index (κ3) is 5.84. The van der Waals surface area contributed by atoms with Gasteiger partial charge in [0.05, 0.1) is 0 Å². The Morgan fingerprint density at radius 3 is 2.46 bits per heavy atom. The van der Waals surface area contributed by atoms with Crippen LogP contribution in [-0.2, 0) is 6.61 Å². The number of carbonyl (C=O) groups excluding carboxylic acids is 1. The Kier molecular flexibility index (Phi) is 6.63. The summed E-state index contributed by atoms with van der Waals surface area (Å²) in [7, 11) is 0. The summed E-state index contributed by atoms with van der Waals surface area (Å²) in [5.74, 6) is 1.03. The number of aromatic nitrogens is 1. The fourth-order valence-electron chi connectivity index (χ4n) is 2.56. The van der Waals surface area contributed by atoms with Crippen molar-refractivity contribution in [2.75, 3.05) is 17.2 Å². The smallest absolute Gasteiger partial charge is 0.274 e. The van der Waals surface area contributed by atoms with E-state index < -0.39 is 0 Å². The van der Waals surface area contributed by atoms with Gasteiger partial charge in [0.15, 0.2) is 0 Å². The van der Waals surface area contributed by atoms with E-state index in [0.29, 0.717) is 23.9 Å². The maximum absolute atomic E-state index is 12.5. The number of nitrogens with zero attached hydrogens (tertiary/aromatic N) is 1. The van der Waals surface area contributed by atoms with Gasteiger partial charge in [0.1, 0.15) is 18.1 Å². The number of anilines is 2. The Morgan fingerprint density at radius 1 is 1.00 bits per heavy atom. The molecule has 1 aromatic heterocycles. The lowest BCUT2D eigenvalue weighted by Crippen LogP contribution is -2.14. The monoisotopic (exact) mass is 375 g/mol. The molecule has 0 bridgehead atoms. The summed E-state index contributed by atoms with van der Waals surface area (Å²) >= 11 is 0. The number of ether oxygens (including phenoxy) is 1. The van der Waals surface area contributed by atoms with Crippen molar-refractivity contribution in [3.63, 3.8) is 0 Å². The number of pyridine rings is 1. The maximum Gasteiger partial charge on any atom is 0.274 e. The molecule has 3 rings (SSSR count). The molecule has 0 saturated carbocycles. The lowest BCUT2D eigenvalue weighted by Gasteiger charge is -2.11. The summed E-state index contributed by atoms with van der Waals surface area (Å²) in [5, 5.41) is 6.17. The highest BCUT2D eigenvalue weighted by Gasteiger charge is 2.09. The molecule has 0 fully saturated rings. The summed E-state index contributed by atoms with van der Waals surface area (Å²) < 4.78 is 5.77. The molecule has 0 aliphatic heterocycles. The molecule has 3 aromatic rings. The fraction of sp³-hybridized carbons (Fsp3) is 0.217. The van der Waals surface area contributed by atoms with Crippen LogP contribution < -0.4 is 15.4 Å². The van der Waals surface area contributed by atoms with Crippen LogP contribution in [0.15, 0.2) is 72.9 Å². The zero-order valence-electron chi connectivity index (χ0n) is 16.2. The maximum atomic E-state index is 12.5. The van der Waals surface area contributed by atoms with E-state index in [0.717, 1.165) is 23.5 Å². The largest absolute Gasteiger partial charge is 0.489 e. The zero-order chi connectivity index (χ0) is 19.8. The van der Waals surface area contributed by atoms with Crippen molar-refractivity contribution in [1.82, 2.24) is 4.98 Å². The van der Waals surface area contributed by atoms with Crippen LogP contribution in [-0.4, -0.2) is 17.4 Å². The molecule has 2 N–H and O–H groups in total. The molecule has 0 radical (unpaired) electrons. The van der Waals surface area contributed by atoms with Crippen molar-refractivity contribution in [3.05, 3.63) is 84.2 Å². The van der Waals surface area contributed by atoms with E-state index in [1.807, 2.05) is 60.7 Å². The SMILES string of the molecule is CC(C)CNc1ccnc(C(=O)Nc2ccc(OCc3ccccc3)cc2)c1. The van der Waals surface area contributed by atoms with Crippen LogP contribution >= 0.6 is 0 Å². The van der Waals surface area contributed by atoms with Crippen LogP contribution in [0.4, 0.5) is 11.4 Å². The Bertz CT molecular complexity index is 893. The third-order valence-electron chi connectivity index (χ3n) is 4.07. The number of amides is 1. The summed E-state index contributed by atoms with van der Waals surface area (Å²) in [6.07, 6.45) is 1.64. The van der Waals surface area contributed by atoms with Gasteiger partial charge in [-0.2, -0.15) is 0 Å². The molecule has 1 heterocycles. The van der Waals surface area contributed by atoms with Gasteiger partial charge in [-0.25, -0.2) is 0 Å². The molecule has 5 heteroatoms. The molecule has 0 unspecified atom stereocenters. The first kappa shape index (κ1) is 19.4. The lowest BCUT2D eigenvalue weighted by molar-refractivity contribution is 0.102. The van der Waals surface area contributed by atoms with Gasteiger partial charge in [-0.15, -0.1) is 0 Å². The standard InChI is InChI=1S/C23H25N3O2/c1-17(2)15-25-20-12-13-24-22(14-20)23(27)26-19-8-10-21(11-9-19)28-16-18-6-4-3-5-7-18/h3-14,17H,15-16H2,1-2H3,(H,24,25)(H,26,27). The van der Waals surface area contributed by atoms with Gasteiger partial charge in [0.2, 0.25) is 0 Å². The molecular formula is C23H25N3O2. The molecule has 0 spiro atoms. The summed E-state index contributed by atoms with van der Waals surface area (Å²) in [6, 6.07) is 20.9. The van der Waals surface area contributed by atoms with Crippen LogP contribution in [0.1, 0.15) is 29.9 Å². The molecule has 28 heavy (non-hydrogen) atoms. The molecule has 144 valence electrons. The molecule has 0 aliphatic rings. The van der Waals surface area contributed by atoms with Crippen molar-refractivity contribution in [1.29, 1.82) is 0 Å². The van der Waals surface area contributed by atoms with Crippen LogP contribution in [0.3, 0.4) is 0 Å². The minimum atomic E-state index is -0.244. The second-order valence-electron chi connectivity index (χ2n) is 6.96. The molecule has 0 atom stereocenters. The van der Waals surface area contributed by atoms with Crippen LogP contribution in [0.2, 0.25) is 0 Å². The van der Waals surface area contributed by atoms with Crippen LogP contribution in [0.25, 0.3) is 0 Å². The van der Waals surface area contributed by atoms with Crippen molar-refractivity contribution in [2.45, 2.75) is 20.5 Å². The average molecular weight is 375 g/mol. The normalized spacial score (nSPS) is 10.5. The fourth-order valence-corrected chi connectivity index (χ4v) is 2.56. The average Bonchev–Trinajstić information content (AvgIpc) is 2.73. The Morgan fingerprint density at radius 2 is 1.75 bits per heavy atom. The number of benzene rings is 2. The van der Waals surface area contributed by atoms with E-state index in [4.69, 9.17) is 4.74 Å². The highest BCUT2D eigenvalue weighted by Crippen LogP contribution is 2.18. The first-order chi connectivity index (χ1) is 13.6. The molecule has 0 aliphatic carbocycles. The van der Waals surface area contributed by atoms with Crippen LogP contribution in [0, 0.1) is 5.92 Å². The van der Waals surface area contributed by atoms with Crippen LogP contribution in [0.5, 0.6) is 5.75 Å². The van der Waals surface area contributed by atoms with Gasteiger partial charge in [0.25, 0.3) is 5.91 Å². The first-order valence-electron chi connectivity index (χ1n) is 9.38. The Labute approximate surface area is 165 Å². The van der Waals surface area contributed by atoms with Gasteiger partial charge in [-0.05, 0) is 47.9 Å². The van der Waals surface area contributed by atoms with Crippen molar-refractivity contribution in [2.24, 2.45) is 5.92 Å². The highest BCUT2D eigenvalue weighted by molar-refractivity contribution is 6.03. The number of nitrogens with one attached hydrogen (secondary N) is 2. The van der Waals surface area contributed by atoms with E-state index in [1.54, 1.807) is 12.3 Å². The van der Waals surface area contributed by atoms with E-state index in [-0.39, 0.29) is 5.91 Å². The van der Waals surface area contributed by atoms with Gasteiger partial charge >= 0.3 is 0 Å². The lowest BCUT2D eigenvalue weighted by atomic mass is 10.2.